The van der Waals surface area contributed by atoms with E-state index in [0.717, 1.165) is 43.6 Å². The molecule has 1 aromatic heterocycles. The van der Waals surface area contributed by atoms with Gasteiger partial charge < -0.3 is 14.2 Å². The third-order valence-corrected chi connectivity index (χ3v) is 7.25. The van der Waals surface area contributed by atoms with Crippen LogP contribution in [-0.4, -0.2) is 29.2 Å². The van der Waals surface area contributed by atoms with Crippen LogP contribution in [0.3, 0.4) is 0 Å². The zero-order chi connectivity index (χ0) is 26.8. The highest BCUT2D eigenvalue weighted by molar-refractivity contribution is 5.86. The first kappa shape index (κ1) is 30.2. The van der Waals surface area contributed by atoms with Crippen LogP contribution in [0, 0.1) is 5.92 Å². The molecule has 0 aliphatic carbocycles. The van der Waals surface area contributed by atoms with Gasteiger partial charge in [0.15, 0.2) is 6.29 Å². The summed E-state index contributed by atoms with van der Waals surface area (Å²) in [5, 5.41) is 0. The van der Waals surface area contributed by atoms with E-state index in [1.807, 2.05) is 12.1 Å². The van der Waals surface area contributed by atoms with Gasteiger partial charge in [0.1, 0.15) is 5.75 Å². The Morgan fingerprint density at radius 1 is 0.789 bits per heavy atom. The normalized spacial score (nSPS) is 17.4. The Kier molecular flexibility index (Phi) is 14.4. The summed E-state index contributed by atoms with van der Waals surface area (Å²) in [5.74, 6) is 0.446. The monoisotopic (exact) mass is 524 g/mol. The smallest absolute Gasteiger partial charge is 0.381 e. The summed E-state index contributed by atoms with van der Waals surface area (Å²) >= 11 is 0. The van der Waals surface area contributed by atoms with E-state index in [1.165, 1.54) is 77.0 Å². The SMILES string of the molecule is CCCCCCCCCc1cnc(C(=O)Oc2ccc(C3OCC(CCCCCCCC)CO3)cc2)nc1. The number of esters is 1. The van der Waals surface area contributed by atoms with E-state index in [1.54, 1.807) is 24.5 Å². The second kappa shape index (κ2) is 18.1. The number of nitrogens with zero attached hydrogens (tertiary/aromatic N) is 2. The van der Waals surface area contributed by atoms with Gasteiger partial charge in [0, 0.05) is 23.9 Å². The van der Waals surface area contributed by atoms with Crippen LogP contribution in [-0.2, 0) is 15.9 Å². The number of aryl methyl sites for hydroxylation is 1. The summed E-state index contributed by atoms with van der Waals surface area (Å²) in [6.45, 7) is 5.94. The highest BCUT2D eigenvalue weighted by atomic mass is 16.7. The number of benzene rings is 1. The molecule has 0 unspecified atom stereocenters. The van der Waals surface area contributed by atoms with Crippen molar-refractivity contribution in [1.82, 2.24) is 9.97 Å². The molecule has 1 aromatic carbocycles. The second-order valence-corrected chi connectivity index (χ2v) is 10.7. The molecule has 1 fully saturated rings. The van der Waals surface area contributed by atoms with Crippen LogP contribution in [0.2, 0.25) is 0 Å². The maximum Gasteiger partial charge on any atom is 0.381 e. The quantitative estimate of drug-likeness (QED) is 0.111. The van der Waals surface area contributed by atoms with Gasteiger partial charge in [0.25, 0.3) is 0 Å². The number of rotatable bonds is 18. The van der Waals surface area contributed by atoms with Crippen molar-refractivity contribution in [2.75, 3.05) is 13.2 Å². The van der Waals surface area contributed by atoms with Gasteiger partial charge >= 0.3 is 5.97 Å². The highest BCUT2D eigenvalue weighted by Gasteiger charge is 2.23. The average molecular weight is 525 g/mol. The molecule has 2 aromatic rings. The number of carbonyl (C=O) groups is 1. The van der Waals surface area contributed by atoms with Gasteiger partial charge in [-0.25, -0.2) is 14.8 Å². The van der Waals surface area contributed by atoms with Crippen molar-refractivity contribution in [2.45, 2.75) is 116 Å². The zero-order valence-corrected chi connectivity index (χ0v) is 23.7. The Bertz CT molecular complexity index is 893. The molecule has 0 radical (unpaired) electrons. The molecular weight excluding hydrogens is 476 g/mol. The molecule has 210 valence electrons. The Balaban J connectivity index is 1.34. The van der Waals surface area contributed by atoms with Crippen molar-refractivity contribution in [3.05, 3.63) is 53.6 Å². The average Bonchev–Trinajstić information content (AvgIpc) is 2.95. The lowest BCUT2D eigenvalue weighted by molar-refractivity contribution is -0.206. The molecule has 3 rings (SSSR count). The van der Waals surface area contributed by atoms with Gasteiger partial charge in [0.2, 0.25) is 5.82 Å². The van der Waals surface area contributed by atoms with Crippen LogP contribution in [0.1, 0.15) is 132 Å². The molecule has 1 aliphatic rings. The Morgan fingerprint density at radius 2 is 1.34 bits per heavy atom. The van der Waals surface area contributed by atoms with Gasteiger partial charge in [-0.05, 0) is 37.0 Å². The number of aromatic nitrogens is 2. The van der Waals surface area contributed by atoms with Gasteiger partial charge in [-0.15, -0.1) is 0 Å². The summed E-state index contributed by atoms with van der Waals surface area (Å²) in [6, 6.07) is 7.29. The third kappa shape index (κ3) is 11.2. The first-order valence-corrected chi connectivity index (χ1v) is 15.1. The van der Waals surface area contributed by atoms with Crippen molar-refractivity contribution in [3.63, 3.8) is 0 Å². The Morgan fingerprint density at radius 3 is 1.95 bits per heavy atom. The molecule has 0 bridgehead atoms. The first-order chi connectivity index (χ1) is 18.7. The molecule has 0 atom stereocenters. The van der Waals surface area contributed by atoms with Crippen molar-refractivity contribution >= 4 is 5.97 Å². The third-order valence-electron chi connectivity index (χ3n) is 7.25. The van der Waals surface area contributed by atoms with E-state index in [4.69, 9.17) is 14.2 Å². The van der Waals surface area contributed by atoms with Crippen LogP contribution in [0.4, 0.5) is 0 Å². The fraction of sp³-hybridized carbons (Fsp3) is 0.656. The van der Waals surface area contributed by atoms with Gasteiger partial charge in [-0.1, -0.05) is 103 Å². The molecule has 2 heterocycles. The van der Waals surface area contributed by atoms with Crippen LogP contribution < -0.4 is 4.74 Å². The molecule has 0 N–H and O–H groups in total. The number of ether oxygens (including phenoxy) is 3. The number of unbranched alkanes of at least 4 members (excludes halogenated alkanes) is 11. The lowest BCUT2D eigenvalue weighted by Crippen LogP contribution is -2.27. The van der Waals surface area contributed by atoms with Crippen LogP contribution in [0.25, 0.3) is 0 Å². The predicted octanol–water partition coefficient (Wildman–Crippen LogP) is 8.40. The van der Waals surface area contributed by atoms with Crippen molar-refractivity contribution < 1.29 is 19.0 Å². The highest BCUT2D eigenvalue weighted by Crippen LogP contribution is 2.28. The number of hydrogen-bond acceptors (Lipinski definition) is 6. The molecule has 0 saturated carbocycles. The van der Waals surface area contributed by atoms with E-state index in [-0.39, 0.29) is 12.1 Å². The zero-order valence-electron chi connectivity index (χ0n) is 23.7. The molecular formula is C32H48N2O4. The maximum atomic E-state index is 12.5. The summed E-state index contributed by atoms with van der Waals surface area (Å²) < 4.78 is 17.4. The fourth-order valence-corrected chi connectivity index (χ4v) is 4.84. The standard InChI is InChI=1S/C32H48N2O4/c1-3-5-7-9-11-13-14-16-26-22-33-30(34-23-26)31(35)38-29-20-18-28(19-21-29)32-36-24-27(25-37-32)17-15-12-10-8-6-4-2/h18-23,27,32H,3-17,24-25H2,1-2H3. The predicted molar refractivity (Wildman–Crippen MR) is 151 cm³/mol. The van der Waals surface area contributed by atoms with Gasteiger partial charge in [-0.2, -0.15) is 0 Å². The van der Waals surface area contributed by atoms with Crippen LogP contribution in [0.15, 0.2) is 36.7 Å². The van der Waals surface area contributed by atoms with Crippen LogP contribution in [0.5, 0.6) is 5.75 Å². The van der Waals surface area contributed by atoms with E-state index in [0.29, 0.717) is 11.7 Å². The van der Waals surface area contributed by atoms with E-state index < -0.39 is 5.97 Å². The molecule has 38 heavy (non-hydrogen) atoms. The van der Waals surface area contributed by atoms with E-state index >= 15 is 0 Å². The molecule has 1 saturated heterocycles. The Hall–Kier alpha value is -2.31. The van der Waals surface area contributed by atoms with Crippen molar-refractivity contribution in [1.29, 1.82) is 0 Å². The van der Waals surface area contributed by atoms with Crippen LogP contribution >= 0.6 is 0 Å². The molecule has 0 amide bonds. The maximum absolute atomic E-state index is 12.5. The minimum atomic E-state index is -0.553. The molecule has 1 aliphatic heterocycles. The second-order valence-electron chi connectivity index (χ2n) is 10.7. The summed E-state index contributed by atoms with van der Waals surface area (Å²) in [4.78, 5) is 20.9. The van der Waals surface area contributed by atoms with Crippen molar-refractivity contribution in [3.8, 4) is 5.75 Å². The lowest BCUT2D eigenvalue weighted by atomic mass is 10.0. The number of hydrogen-bond donors (Lipinski definition) is 0. The molecule has 6 heteroatoms. The first-order valence-electron chi connectivity index (χ1n) is 15.1. The van der Waals surface area contributed by atoms with Gasteiger partial charge in [0.05, 0.1) is 13.2 Å². The van der Waals surface area contributed by atoms with E-state index in [2.05, 4.69) is 23.8 Å². The minimum Gasteiger partial charge on any atom is -0.421 e. The molecule has 0 spiro atoms. The van der Waals surface area contributed by atoms with E-state index in [9.17, 15) is 4.79 Å². The largest absolute Gasteiger partial charge is 0.421 e. The number of carbonyl (C=O) groups excluding carboxylic acids is 1. The lowest BCUT2D eigenvalue weighted by Gasteiger charge is -2.29. The summed E-state index contributed by atoms with van der Waals surface area (Å²) in [7, 11) is 0. The van der Waals surface area contributed by atoms with Gasteiger partial charge in [-0.3, -0.25) is 0 Å². The summed E-state index contributed by atoms with van der Waals surface area (Å²) in [5.41, 5.74) is 1.98. The Labute approximate surface area is 229 Å². The fourth-order valence-electron chi connectivity index (χ4n) is 4.84. The molecule has 6 nitrogen and oxygen atoms in total. The topological polar surface area (TPSA) is 70.5 Å². The summed E-state index contributed by atoms with van der Waals surface area (Å²) in [6.07, 6.45) is 22.0. The van der Waals surface area contributed by atoms with Crippen molar-refractivity contribution in [2.24, 2.45) is 5.92 Å². The minimum absolute atomic E-state index is 0.0766.